The van der Waals surface area contributed by atoms with Gasteiger partial charge in [-0.1, -0.05) is 17.7 Å². The number of aromatic nitrogens is 2. The zero-order chi connectivity index (χ0) is 26.2. The third kappa shape index (κ3) is 5.70. The van der Waals surface area contributed by atoms with Crippen molar-refractivity contribution in [3.63, 3.8) is 0 Å². The number of nitrogens with one attached hydrogen (secondary N) is 2. The molecule has 0 spiro atoms. The molecule has 1 saturated carbocycles. The molecule has 3 heterocycles. The number of carbonyl (C=O) groups excluding carboxylic acids is 1. The molecule has 1 fully saturated rings. The maximum atomic E-state index is 13.5. The van der Waals surface area contributed by atoms with Crippen molar-refractivity contribution in [3.8, 4) is 0 Å². The third-order valence-electron chi connectivity index (χ3n) is 6.46. The topological polar surface area (TPSA) is 140 Å². The summed E-state index contributed by atoms with van der Waals surface area (Å²) in [4.78, 5) is 22.2. The van der Waals surface area contributed by atoms with E-state index >= 15 is 0 Å². The predicted molar refractivity (Wildman–Crippen MR) is 138 cm³/mol. The van der Waals surface area contributed by atoms with Gasteiger partial charge in [-0.25, -0.2) is 9.97 Å². The Hall–Kier alpha value is -2.45. The Morgan fingerprint density at radius 1 is 1.30 bits per heavy atom. The highest BCUT2D eigenvalue weighted by molar-refractivity contribution is 7.84. The molecular formula is C24H25ClN4O6S2. The number of thiophene rings is 1. The van der Waals surface area contributed by atoms with Gasteiger partial charge in [-0.3, -0.25) is 8.98 Å². The molecule has 1 aliphatic carbocycles. The molecular weight excluding hydrogens is 540 g/mol. The van der Waals surface area contributed by atoms with E-state index < -0.39 is 22.5 Å². The second-order valence-corrected chi connectivity index (χ2v) is 11.7. The van der Waals surface area contributed by atoms with E-state index in [0.717, 1.165) is 17.5 Å². The van der Waals surface area contributed by atoms with Gasteiger partial charge in [-0.15, -0.1) is 11.3 Å². The van der Waals surface area contributed by atoms with Crippen molar-refractivity contribution >= 4 is 44.8 Å². The molecule has 37 heavy (non-hydrogen) atoms. The Morgan fingerprint density at radius 3 is 2.95 bits per heavy atom. The SMILES string of the molecule is CNS(=O)(=O)O[C@@H]1C[C@H](Nc2ncncc2C(=O)c2cc(C3OCCc4ccc(Cl)cc43)cs2)C[C@@H]1O. The molecule has 0 amide bonds. The molecule has 3 aromatic rings. The van der Waals surface area contributed by atoms with E-state index in [0.29, 0.717) is 22.3 Å². The Labute approximate surface area is 223 Å². The van der Waals surface area contributed by atoms with Gasteiger partial charge in [0.15, 0.2) is 0 Å². The normalized spacial score (nSPS) is 23.5. The first-order valence-electron chi connectivity index (χ1n) is 11.6. The van der Waals surface area contributed by atoms with Crippen molar-refractivity contribution in [3.05, 3.63) is 74.3 Å². The number of halogens is 1. The van der Waals surface area contributed by atoms with Gasteiger partial charge in [0, 0.05) is 24.3 Å². The number of fused-ring (bicyclic) bond motifs is 1. The number of benzene rings is 1. The quantitative estimate of drug-likeness (QED) is 0.352. The van der Waals surface area contributed by atoms with E-state index in [-0.39, 0.29) is 36.3 Å². The van der Waals surface area contributed by atoms with Crippen LogP contribution >= 0.6 is 22.9 Å². The van der Waals surface area contributed by atoms with Crippen LogP contribution in [-0.4, -0.2) is 61.2 Å². The molecule has 4 atom stereocenters. The number of carbonyl (C=O) groups is 1. The van der Waals surface area contributed by atoms with Crippen molar-refractivity contribution in [1.29, 1.82) is 0 Å². The van der Waals surface area contributed by atoms with Crippen molar-refractivity contribution in [2.45, 2.75) is 43.6 Å². The van der Waals surface area contributed by atoms with Gasteiger partial charge >= 0.3 is 10.3 Å². The molecule has 2 aromatic heterocycles. The van der Waals surface area contributed by atoms with Crippen LogP contribution < -0.4 is 10.0 Å². The minimum atomic E-state index is -3.95. The highest BCUT2D eigenvalue weighted by atomic mass is 35.5. The molecule has 2 aliphatic rings. The predicted octanol–water partition coefficient (Wildman–Crippen LogP) is 2.87. The summed E-state index contributed by atoms with van der Waals surface area (Å²) in [7, 11) is -2.72. The summed E-state index contributed by atoms with van der Waals surface area (Å²) in [6, 6.07) is 7.24. The molecule has 0 saturated heterocycles. The number of nitrogens with zero attached hydrogens (tertiary/aromatic N) is 2. The van der Waals surface area contributed by atoms with Crippen LogP contribution in [0, 0.1) is 0 Å². The van der Waals surface area contributed by atoms with E-state index in [4.69, 9.17) is 20.5 Å². The summed E-state index contributed by atoms with van der Waals surface area (Å²) < 4.78 is 36.6. The van der Waals surface area contributed by atoms with Gasteiger partial charge in [0.1, 0.15) is 24.4 Å². The van der Waals surface area contributed by atoms with Crippen LogP contribution in [0.4, 0.5) is 5.82 Å². The molecule has 0 radical (unpaired) electrons. The number of ether oxygens (including phenoxy) is 1. The van der Waals surface area contributed by atoms with Crippen molar-refractivity contribution in [2.75, 3.05) is 19.0 Å². The van der Waals surface area contributed by atoms with Gasteiger partial charge in [0.05, 0.1) is 23.2 Å². The van der Waals surface area contributed by atoms with Gasteiger partial charge in [-0.05, 0) is 59.5 Å². The van der Waals surface area contributed by atoms with E-state index in [9.17, 15) is 18.3 Å². The minimum absolute atomic E-state index is 0.212. The summed E-state index contributed by atoms with van der Waals surface area (Å²) >= 11 is 7.53. The lowest BCUT2D eigenvalue weighted by Crippen LogP contribution is -2.31. The Morgan fingerprint density at radius 2 is 2.14 bits per heavy atom. The van der Waals surface area contributed by atoms with Crippen LogP contribution in [0.1, 0.15) is 50.9 Å². The first-order chi connectivity index (χ1) is 17.7. The van der Waals surface area contributed by atoms with Crippen LogP contribution in [0.5, 0.6) is 0 Å². The van der Waals surface area contributed by atoms with Crippen LogP contribution in [0.3, 0.4) is 0 Å². The first kappa shape index (κ1) is 26.2. The lowest BCUT2D eigenvalue weighted by atomic mass is 9.94. The number of hydrogen-bond acceptors (Lipinski definition) is 10. The molecule has 196 valence electrons. The third-order valence-corrected chi connectivity index (χ3v) is 8.65. The molecule has 3 N–H and O–H groups in total. The molecule has 0 bridgehead atoms. The van der Waals surface area contributed by atoms with Gasteiger partial charge in [0.25, 0.3) is 0 Å². The van der Waals surface area contributed by atoms with E-state index in [1.807, 2.05) is 29.6 Å². The van der Waals surface area contributed by atoms with E-state index in [1.165, 1.54) is 36.5 Å². The standard InChI is InChI=1S/C24H25ClN4O6S2/c1-26-37(32,33)35-20-9-16(8-19(20)30)29-24-18(10-27-12-28-24)22(31)21-6-14(11-36-21)23-17-7-15(25)3-2-13(17)4-5-34-23/h2-3,6-7,10-12,16,19-20,23,26,30H,4-5,8-9H2,1H3,(H,27,28,29)/t16-,19+,20-,23?/m1/s1. The van der Waals surface area contributed by atoms with Crippen molar-refractivity contribution in [2.24, 2.45) is 0 Å². The number of hydrogen-bond donors (Lipinski definition) is 3. The zero-order valence-electron chi connectivity index (χ0n) is 19.8. The largest absolute Gasteiger partial charge is 0.390 e. The van der Waals surface area contributed by atoms with Crippen LogP contribution in [0.2, 0.25) is 5.02 Å². The summed E-state index contributed by atoms with van der Waals surface area (Å²) in [5.74, 6) is 0.0425. The fourth-order valence-electron chi connectivity index (χ4n) is 4.64. The Balaban J connectivity index is 1.33. The second kappa shape index (κ2) is 10.7. The molecule has 13 heteroatoms. The van der Waals surface area contributed by atoms with Gasteiger partial charge in [0.2, 0.25) is 5.78 Å². The van der Waals surface area contributed by atoms with Gasteiger partial charge in [-0.2, -0.15) is 13.1 Å². The van der Waals surface area contributed by atoms with Gasteiger partial charge < -0.3 is 15.2 Å². The van der Waals surface area contributed by atoms with Crippen LogP contribution in [0.15, 0.2) is 42.2 Å². The average molecular weight is 565 g/mol. The molecule has 1 unspecified atom stereocenters. The average Bonchev–Trinajstić information content (AvgIpc) is 3.50. The highest BCUT2D eigenvalue weighted by Crippen LogP contribution is 2.37. The van der Waals surface area contributed by atoms with E-state index in [1.54, 1.807) is 0 Å². The second-order valence-electron chi connectivity index (χ2n) is 8.88. The highest BCUT2D eigenvalue weighted by Gasteiger charge is 2.37. The molecule has 5 rings (SSSR count). The van der Waals surface area contributed by atoms with E-state index in [2.05, 4.69) is 20.0 Å². The van der Waals surface area contributed by atoms with Crippen molar-refractivity contribution < 1.29 is 27.2 Å². The van der Waals surface area contributed by atoms with Crippen molar-refractivity contribution in [1.82, 2.24) is 14.7 Å². The Bertz CT molecular complexity index is 1420. The summed E-state index contributed by atoms with van der Waals surface area (Å²) in [5, 5.41) is 16.0. The number of aliphatic hydroxyl groups is 1. The fraction of sp³-hybridized carbons (Fsp3) is 0.375. The Kier molecular flexibility index (Phi) is 7.59. The zero-order valence-corrected chi connectivity index (χ0v) is 22.1. The maximum absolute atomic E-state index is 13.5. The smallest absolute Gasteiger partial charge is 0.335 e. The molecule has 1 aliphatic heterocycles. The number of anilines is 1. The first-order valence-corrected chi connectivity index (χ1v) is 14.3. The summed E-state index contributed by atoms with van der Waals surface area (Å²) in [5.41, 5.74) is 3.31. The molecule has 10 nitrogen and oxygen atoms in total. The maximum Gasteiger partial charge on any atom is 0.335 e. The fourth-order valence-corrected chi connectivity index (χ4v) is 6.33. The monoisotopic (exact) mass is 564 g/mol. The summed E-state index contributed by atoms with van der Waals surface area (Å²) in [6.07, 6.45) is 1.79. The minimum Gasteiger partial charge on any atom is -0.390 e. The summed E-state index contributed by atoms with van der Waals surface area (Å²) in [6.45, 7) is 0.576. The molecule has 1 aromatic carbocycles. The van der Waals surface area contributed by atoms with Crippen LogP contribution in [-0.2, 0) is 25.6 Å². The number of aliphatic hydroxyl groups excluding tert-OH is 1. The number of ketones is 1. The van der Waals surface area contributed by atoms with Crippen LogP contribution in [0.25, 0.3) is 0 Å². The number of rotatable bonds is 8. The lowest BCUT2D eigenvalue weighted by molar-refractivity contribution is 0.0636. The lowest BCUT2D eigenvalue weighted by Gasteiger charge is -2.25.